The molecule has 0 fully saturated rings. The highest BCUT2D eigenvalue weighted by Gasteiger charge is 2.26. The van der Waals surface area contributed by atoms with Crippen LogP contribution in [0.2, 0.25) is 0 Å². The van der Waals surface area contributed by atoms with E-state index in [-0.39, 0.29) is 30.2 Å². The molecule has 0 saturated heterocycles. The molecule has 0 bridgehead atoms. The van der Waals surface area contributed by atoms with Gasteiger partial charge in [-0.2, -0.15) is 0 Å². The van der Waals surface area contributed by atoms with Gasteiger partial charge in [0.15, 0.2) is 0 Å². The third-order valence-corrected chi connectivity index (χ3v) is 5.71. The average Bonchev–Trinajstić information content (AvgIpc) is 2.76. The number of amides is 2. The van der Waals surface area contributed by atoms with Gasteiger partial charge in [0, 0.05) is 19.0 Å². The number of benzene rings is 2. The average molecular weight is 427 g/mol. The zero-order valence-corrected chi connectivity index (χ0v) is 19.3. The fourth-order valence-corrected chi connectivity index (χ4v) is 3.30. The van der Waals surface area contributed by atoms with Gasteiger partial charge in [0.2, 0.25) is 11.8 Å². The maximum Gasteiger partial charge on any atom is 0.242 e. The summed E-state index contributed by atoms with van der Waals surface area (Å²) in [6.45, 7) is 10.3. The predicted molar refractivity (Wildman–Crippen MR) is 123 cm³/mol. The van der Waals surface area contributed by atoms with E-state index >= 15 is 0 Å². The molecule has 0 unspecified atom stereocenters. The van der Waals surface area contributed by atoms with Crippen LogP contribution < -0.4 is 5.32 Å². The maximum atomic E-state index is 13.3. The Kier molecular flexibility index (Phi) is 9.22. The molecule has 0 aliphatic heterocycles. The molecule has 0 radical (unpaired) electrons. The Bertz CT molecular complexity index is 847. The summed E-state index contributed by atoms with van der Waals surface area (Å²) in [6, 6.07) is 13.8. The van der Waals surface area contributed by atoms with E-state index in [9.17, 15) is 14.0 Å². The van der Waals surface area contributed by atoms with Crippen molar-refractivity contribution in [1.82, 2.24) is 10.2 Å². The van der Waals surface area contributed by atoms with Gasteiger partial charge in [0.1, 0.15) is 11.9 Å². The highest BCUT2D eigenvalue weighted by atomic mass is 19.1. The Balaban J connectivity index is 2.12. The lowest BCUT2D eigenvalue weighted by Gasteiger charge is -2.30. The number of hydrogen-bond acceptors (Lipinski definition) is 2. The van der Waals surface area contributed by atoms with Crippen LogP contribution in [0, 0.1) is 5.82 Å². The molecule has 2 atom stereocenters. The molecule has 5 heteroatoms. The number of nitrogens with zero attached hydrogens (tertiary/aromatic N) is 1. The molecule has 2 rings (SSSR count). The van der Waals surface area contributed by atoms with Gasteiger partial charge in [-0.25, -0.2) is 4.39 Å². The smallest absolute Gasteiger partial charge is 0.242 e. The van der Waals surface area contributed by atoms with Crippen molar-refractivity contribution in [3.8, 4) is 0 Å². The van der Waals surface area contributed by atoms with Crippen LogP contribution in [0.3, 0.4) is 0 Å². The maximum absolute atomic E-state index is 13.3. The van der Waals surface area contributed by atoms with Crippen LogP contribution in [0.15, 0.2) is 48.5 Å². The molecule has 0 aliphatic carbocycles. The lowest BCUT2D eigenvalue weighted by atomic mass is 10.00. The number of aryl methyl sites for hydroxylation is 1. The van der Waals surface area contributed by atoms with E-state index in [1.54, 1.807) is 24.0 Å². The monoisotopic (exact) mass is 426 g/mol. The Morgan fingerprint density at radius 3 is 2.06 bits per heavy atom. The minimum atomic E-state index is -0.616. The Labute approximate surface area is 185 Å². The van der Waals surface area contributed by atoms with E-state index < -0.39 is 6.04 Å². The van der Waals surface area contributed by atoms with E-state index in [2.05, 4.69) is 43.4 Å². The van der Waals surface area contributed by atoms with Crippen LogP contribution in [0.1, 0.15) is 70.1 Å². The van der Waals surface area contributed by atoms with Crippen molar-refractivity contribution in [2.45, 2.75) is 78.4 Å². The van der Waals surface area contributed by atoms with Crippen molar-refractivity contribution in [3.05, 3.63) is 71.0 Å². The fourth-order valence-electron chi connectivity index (χ4n) is 3.30. The molecule has 4 nitrogen and oxygen atoms in total. The second-order valence-electron chi connectivity index (χ2n) is 8.54. The normalized spacial score (nSPS) is 13.0. The number of rotatable bonds is 10. The molecule has 31 heavy (non-hydrogen) atoms. The molecule has 2 amide bonds. The van der Waals surface area contributed by atoms with Gasteiger partial charge in [-0.15, -0.1) is 0 Å². The van der Waals surface area contributed by atoms with E-state index in [0.717, 1.165) is 17.5 Å². The molecule has 2 aromatic carbocycles. The summed E-state index contributed by atoms with van der Waals surface area (Å²) in [5, 5.41) is 2.96. The van der Waals surface area contributed by atoms with Crippen molar-refractivity contribution in [2.75, 3.05) is 0 Å². The number of halogens is 1. The fraction of sp³-hybridized carbons (Fsp3) is 0.462. The second-order valence-corrected chi connectivity index (χ2v) is 8.54. The summed E-state index contributed by atoms with van der Waals surface area (Å²) in [7, 11) is 0. The Morgan fingerprint density at radius 2 is 1.52 bits per heavy atom. The van der Waals surface area contributed by atoms with E-state index in [1.165, 1.54) is 17.7 Å². The minimum Gasteiger partial charge on any atom is -0.352 e. The van der Waals surface area contributed by atoms with Gasteiger partial charge in [0.05, 0.1) is 0 Å². The zero-order valence-electron chi connectivity index (χ0n) is 19.3. The Morgan fingerprint density at radius 1 is 0.935 bits per heavy atom. The molecule has 2 aromatic rings. The minimum absolute atomic E-state index is 0.0391. The van der Waals surface area contributed by atoms with Crippen molar-refractivity contribution >= 4 is 11.8 Å². The second kappa shape index (κ2) is 11.6. The third kappa shape index (κ3) is 7.50. The third-order valence-electron chi connectivity index (χ3n) is 5.71. The topological polar surface area (TPSA) is 49.4 Å². The van der Waals surface area contributed by atoms with Crippen LogP contribution in [-0.2, 0) is 22.6 Å². The zero-order chi connectivity index (χ0) is 23.0. The van der Waals surface area contributed by atoms with Crippen molar-refractivity contribution in [2.24, 2.45) is 0 Å². The largest absolute Gasteiger partial charge is 0.352 e. The van der Waals surface area contributed by atoms with Gasteiger partial charge in [-0.05, 0) is 61.4 Å². The summed E-state index contributed by atoms with van der Waals surface area (Å²) in [5.74, 6) is -0.129. The number of nitrogens with one attached hydrogen (secondary N) is 1. The van der Waals surface area contributed by atoms with Crippen LogP contribution in [0.25, 0.3) is 0 Å². The molecule has 0 saturated carbocycles. The first-order valence-corrected chi connectivity index (χ1v) is 11.1. The molecule has 0 spiro atoms. The summed E-state index contributed by atoms with van der Waals surface area (Å²) in [4.78, 5) is 27.4. The van der Waals surface area contributed by atoms with E-state index in [1.807, 2.05) is 13.8 Å². The van der Waals surface area contributed by atoms with Gasteiger partial charge in [-0.3, -0.25) is 9.59 Å². The highest BCUT2D eigenvalue weighted by Crippen LogP contribution is 2.17. The molecule has 0 heterocycles. The van der Waals surface area contributed by atoms with Crippen molar-refractivity contribution in [1.29, 1.82) is 0 Å². The van der Waals surface area contributed by atoms with Crippen LogP contribution in [0.5, 0.6) is 0 Å². The highest BCUT2D eigenvalue weighted by molar-refractivity contribution is 5.87. The van der Waals surface area contributed by atoms with Crippen LogP contribution in [-0.4, -0.2) is 28.8 Å². The number of hydrogen-bond donors (Lipinski definition) is 1. The molecular formula is C26H35FN2O2. The summed E-state index contributed by atoms with van der Waals surface area (Å²) < 4.78 is 13.3. The molecule has 168 valence electrons. The predicted octanol–water partition coefficient (Wildman–Crippen LogP) is 5.21. The van der Waals surface area contributed by atoms with Gasteiger partial charge in [-0.1, -0.05) is 57.2 Å². The van der Waals surface area contributed by atoms with Gasteiger partial charge < -0.3 is 10.2 Å². The van der Waals surface area contributed by atoms with Crippen molar-refractivity contribution in [3.63, 3.8) is 0 Å². The standard InChI is InChI=1S/C26H35FN2O2/c1-6-19(4)28-26(31)20(5)29(17-22-9-14-24(27)15-10-22)25(30)16-11-21-7-12-23(13-8-21)18(2)3/h7-10,12-15,18-20H,6,11,16-17H2,1-5H3,(H,28,31)/t19-,20+/m1/s1. The molecule has 0 aromatic heterocycles. The first kappa shape index (κ1) is 24.6. The first-order chi connectivity index (χ1) is 14.7. The lowest BCUT2D eigenvalue weighted by Crippen LogP contribution is -2.49. The summed E-state index contributed by atoms with van der Waals surface area (Å²) >= 11 is 0. The first-order valence-electron chi connectivity index (χ1n) is 11.1. The lowest BCUT2D eigenvalue weighted by molar-refractivity contribution is -0.140. The van der Waals surface area contributed by atoms with Gasteiger partial charge >= 0.3 is 0 Å². The molecule has 0 aliphatic rings. The number of carbonyl (C=O) groups is 2. The molecular weight excluding hydrogens is 391 g/mol. The SMILES string of the molecule is CC[C@@H](C)NC(=O)[C@H](C)N(Cc1ccc(F)cc1)C(=O)CCc1ccc(C(C)C)cc1. The van der Waals surface area contributed by atoms with Crippen molar-refractivity contribution < 1.29 is 14.0 Å². The number of carbonyl (C=O) groups excluding carboxylic acids is 2. The van der Waals surface area contributed by atoms with Crippen LogP contribution in [0.4, 0.5) is 4.39 Å². The summed E-state index contributed by atoms with van der Waals surface area (Å²) in [6.07, 6.45) is 1.73. The van der Waals surface area contributed by atoms with Crippen LogP contribution >= 0.6 is 0 Å². The Hall–Kier alpha value is -2.69. The van der Waals surface area contributed by atoms with E-state index in [4.69, 9.17) is 0 Å². The molecule has 1 N–H and O–H groups in total. The van der Waals surface area contributed by atoms with E-state index in [0.29, 0.717) is 18.8 Å². The van der Waals surface area contributed by atoms with Gasteiger partial charge in [0.25, 0.3) is 0 Å². The summed E-state index contributed by atoms with van der Waals surface area (Å²) in [5.41, 5.74) is 3.15. The quantitative estimate of drug-likeness (QED) is 0.567.